The molecule has 0 fully saturated rings. The first-order valence-electron chi connectivity index (χ1n) is 8.82. The first-order valence-corrected chi connectivity index (χ1v) is 9.62. The fourth-order valence-corrected chi connectivity index (χ4v) is 3.17. The summed E-state index contributed by atoms with van der Waals surface area (Å²) in [5, 5.41) is 5.64. The Balaban J connectivity index is 1.99. The lowest BCUT2D eigenvalue weighted by atomic mass is 10.1. The fraction of sp³-hybridized carbons (Fsp3) is 0.333. The molecule has 0 aliphatic rings. The van der Waals surface area contributed by atoms with Crippen LogP contribution >= 0.6 is 15.9 Å². The van der Waals surface area contributed by atoms with Crippen molar-refractivity contribution in [2.45, 2.75) is 40.7 Å². The molecule has 0 saturated heterocycles. The molecule has 0 aromatic heterocycles. The number of aryl methyl sites for hydroxylation is 2. The predicted octanol–water partition coefficient (Wildman–Crippen LogP) is 5.07. The summed E-state index contributed by atoms with van der Waals surface area (Å²) in [5.41, 5.74) is 3.26. The van der Waals surface area contributed by atoms with E-state index < -0.39 is 6.10 Å². The van der Waals surface area contributed by atoms with Crippen LogP contribution in [-0.2, 0) is 9.59 Å². The van der Waals surface area contributed by atoms with Crippen molar-refractivity contribution in [1.82, 2.24) is 0 Å². The third-order valence-corrected chi connectivity index (χ3v) is 4.49. The maximum atomic E-state index is 12.4. The number of hydrogen-bond donors (Lipinski definition) is 2. The second kappa shape index (κ2) is 9.04. The number of hydrogen-bond acceptors (Lipinski definition) is 3. The van der Waals surface area contributed by atoms with Crippen LogP contribution in [0.15, 0.2) is 40.9 Å². The number of benzene rings is 2. The van der Waals surface area contributed by atoms with E-state index in [4.69, 9.17) is 4.74 Å². The lowest BCUT2D eigenvalue weighted by Gasteiger charge is -2.18. The van der Waals surface area contributed by atoms with E-state index in [1.807, 2.05) is 39.8 Å². The van der Waals surface area contributed by atoms with Crippen molar-refractivity contribution in [2.75, 3.05) is 10.6 Å². The molecule has 27 heavy (non-hydrogen) atoms. The Morgan fingerprint density at radius 3 is 1.78 bits per heavy atom. The molecular weight excluding hydrogens is 408 g/mol. The largest absolute Gasteiger partial charge is 0.480 e. The molecule has 1 unspecified atom stereocenters. The molecule has 2 N–H and O–H groups in total. The van der Waals surface area contributed by atoms with Crippen LogP contribution in [0, 0.1) is 19.8 Å². The molecule has 2 amide bonds. The number of carbonyl (C=O) groups is 2. The average Bonchev–Trinajstić information content (AvgIpc) is 2.59. The van der Waals surface area contributed by atoms with Crippen molar-refractivity contribution >= 4 is 39.1 Å². The van der Waals surface area contributed by atoms with E-state index in [2.05, 4.69) is 26.6 Å². The minimum atomic E-state index is -0.649. The van der Waals surface area contributed by atoms with Crippen LogP contribution in [0.25, 0.3) is 0 Å². The summed E-state index contributed by atoms with van der Waals surface area (Å²) in [6.45, 7) is 9.28. The van der Waals surface area contributed by atoms with Gasteiger partial charge in [-0.1, -0.05) is 29.8 Å². The number of anilines is 2. The number of rotatable bonds is 6. The Labute approximate surface area is 168 Å². The van der Waals surface area contributed by atoms with Gasteiger partial charge in [-0.3, -0.25) is 9.59 Å². The van der Waals surface area contributed by atoms with Gasteiger partial charge in [0.25, 0.3) is 5.91 Å². The summed E-state index contributed by atoms with van der Waals surface area (Å²) < 4.78 is 6.86. The maximum Gasteiger partial charge on any atom is 0.265 e. The van der Waals surface area contributed by atoms with E-state index >= 15 is 0 Å². The van der Waals surface area contributed by atoms with Gasteiger partial charge in [-0.05, 0) is 68.3 Å². The van der Waals surface area contributed by atoms with Gasteiger partial charge >= 0.3 is 0 Å². The Hall–Kier alpha value is -2.34. The van der Waals surface area contributed by atoms with Crippen LogP contribution in [-0.4, -0.2) is 17.9 Å². The molecule has 1 atom stereocenters. The average molecular weight is 433 g/mol. The van der Waals surface area contributed by atoms with Crippen LogP contribution in [0.1, 0.15) is 31.9 Å². The monoisotopic (exact) mass is 432 g/mol. The number of ether oxygens (including phenoxy) is 1. The van der Waals surface area contributed by atoms with Crippen LogP contribution in [0.2, 0.25) is 0 Å². The lowest BCUT2D eigenvalue weighted by Crippen LogP contribution is -2.30. The van der Waals surface area contributed by atoms with Gasteiger partial charge in [0.15, 0.2) is 6.10 Å². The van der Waals surface area contributed by atoms with E-state index in [9.17, 15) is 9.59 Å². The lowest BCUT2D eigenvalue weighted by molar-refractivity contribution is -0.122. The second-order valence-electron chi connectivity index (χ2n) is 6.84. The molecule has 0 radical (unpaired) electrons. The zero-order valence-electron chi connectivity index (χ0n) is 16.2. The molecule has 0 aliphatic heterocycles. The molecule has 0 heterocycles. The minimum Gasteiger partial charge on any atom is -0.480 e. The summed E-state index contributed by atoms with van der Waals surface area (Å²) in [5.74, 6) is 0.338. The molecule has 2 aromatic rings. The van der Waals surface area contributed by atoms with Gasteiger partial charge in [-0.2, -0.15) is 0 Å². The highest BCUT2D eigenvalue weighted by Crippen LogP contribution is 2.28. The Bertz CT molecular complexity index is 809. The third-order valence-electron chi connectivity index (χ3n) is 4.03. The zero-order chi connectivity index (χ0) is 20.1. The van der Waals surface area contributed by atoms with Gasteiger partial charge in [0.05, 0.1) is 0 Å². The third kappa shape index (κ3) is 5.82. The van der Waals surface area contributed by atoms with Crippen molar-refractivity contribution in [1.29, 1.82) is 0 Å². The van der Waals surface area contributed by atoms with Gasteiger partial charge in [0.1, 0.15) is 5.75 Å². The van der Waals surface area contributed by atoms with Gasteiger partial charge in [0, 0.05) is 21.8 Å². The normalized spacial score (nSPS) is 11.8. The van der Waals surface area contributed by atoms with Gasteiger partial charge in [0.2, 0.25) is 5.91 Å². The van der Waals surface area contributed by atoms with Gasteiger partial charge in [-0.25, -0.2) is 0 Å². The maximum absolute atomic E-state index is 12.4. The second-order valence-corrected chi connectivity index (χ2v) is 7.76. The Kier molecular flexibility index (Phi) is 7.02. The van der Waals surface area contributed by atoms with E-state index in [1.54, 1.807) is 31.2 Å². The number of halogens is 1. The molecule has 6 heteroatoms. The highest BCUT2D eigenvalue weighted by atomic mass is 79.9. The van der Waals surface area contributed by atoms with Crippen LogP contribution < -0.4 is 15.4 Å². The number of amides is 2. The molecule has 0 spiro atoms. The van der Waals surface area contributed by atoms with E-state index in [0.717, 1.165) is 15.6 Å². The minimum absolute atomic E-state index is 0.0472. The van der Waals surface area contributed by atoms with E-state index in [-0.39, 0.29) is 17.7 Å². The smallest absolute Gasteiger partial charge is 0.265 e. The first-order chi connectivity index (χ1) is 12.7. The predicted molar refractivity (Wildman–Crippen MR) is 112 cm³/mol. The van der Waals surface area contributed by atoms with Crippen LogP contribution in [0.5, 0.6) is 5.75 Å². The Morgan fingerprint density at radius 1 is 0.889 bits per heavy atom. The summed E-state index contributed by atoms with van der Waals surface area (Å²) >= 11 is 3.45. The van der Waals surface area contributed by atoms with E-state index in [0.29, 0.717) is 17.1 Å². The van der Waals surface area contributed by atoms with Crippen molar-refractivity contribution in [3.05, 3.63) is 52.0 Å². The van der Waals surface area contributed by atoms with Crippen molar-refractivity contribution in [2.24, 2.45) is 5.92 Å². The molecule has 0 saturated carbocycles. The molecule has 144 valence electrons. The Morgan fingerprint density at radius 2 is 1.33 bits per heavy atom. The van der Waals surface area contributed by atoms with Gasteiger partial charge in [-0.15, -0.1) is 0 Å². The molecular formula is C21H25BrN2O3. The van der Waals surface area contributed by atoms with Crippen molar-refractivity contribution in [3.63, 3.8) is 0 Å². The van der Waals surface area contributed by atoms with Crippen LogP contribution in [0.3, 0.4) is 0 Å². The first kappa shape index (κ1) is 21.0. The SMILES string of the molecule is Cc1cc(Br)cc(C)c1OC(C)C(=O)Nc1ccc(NC(=O)C(C)C)cc1. The molecule has 0 bridgehead atoms. The van der Waals surface area contributed by atoms with Crippen molar-refractivity contribution < 1.29 is 14.3 Å². The number of carbonyl (C=O) groups excluding carboxylic acids is 2. The summed E-state index contributed by atoms with van der Waals surface area (Å²) in [4.78, 5) is 24.2. The highest BCUT2D eigenvalue weighted by Gasteiger charge is 2.17. The fourth-order valence-electron chi connectivity index (χ4n) is 2.48. The standard InChI is InChI=1S/C21H25BrN2O3/c1-12(2)20(25)23-17-6-8-18(9-7-17)24-21(26)15(5)27-19-13(3)10-16(22)11-14(19)4/h6-12,15H,1-5H3,(H,23,25)(H,24,26). The highest BCUT2D eigenvalue weighted by molar-refractivity contribution is 9.10. The number of nitrogens with one attached hydrogen (secondary N) is 2. The van der Waals surface area contributed by atoms with Crippen LogP contribution in [0.4, 0.5) is 11.4 Å². The topological polar surface area (TPSA) is 67.4 Å². The zero-order valence-corrected chi connectivity index (χ0v) is 17.8. The summed E-state index contributed by atoms with van der Waals surface area (Å²) in [6.07, 6.45) is -0.649. The molecule has 2 rings (SSSR count). The van der Waals surface area contributed by atoms with Crippen molar-refractivity contribution in [3.8, 4) is 5.75 Å². The quantitative estimate of drug-likeness (QED) is 0.669. The molecule has 2 aromatic carbocycles. The summed E-state index contributed by atoms with van der Waals surface area (Å²) in [7, 11) is 0. The summed E-state index contributed by atoms with van der Waals surface area (Å²) in [6, 6.07) is 10.9. The molecule has 0 aliphatic carbocycles. The van der Waals surface area contributed by atoms with E-state index in [1.165, 1.54) is 0 Å². The van der Waals surface area contributed by atoms with Gasteiger partial charge < -0.3 is 15.4 Å². The molecule has 5 nitrogen and oxygen atoms in total.